The molecule has 2 aromatic heterocycles. The van der Waals surface area contributed by atoms with Crippen molar-refractivity contribution >= 4 is 51.5 Å². The molecule has 3 aromatic carbocycles. The minimum atomic E-state index is -0.466. The van der Waals surface area contributed by atoms with Crippen LogP contribution in [0.25, 0.3) is 16.7 Å². The fourth-order valence-corrected chi connectivity index (χ4v) is 4.11. The minimum Gasteiger partial charge on any atom is -0.497 e. The average Bonchev–Trinajstić information content (AvgIpc) is 3.37. The summed E-state index contributed by atoms with van der Waals surface area (Å²) in [6, 6.07) is 17.3. The van der Waals surface area contributed by atoms with Gasteiger partial charge in [0, 0.05) is 35.1 Å². The largest absolute Gasteiger partial charge is 0.497 e. The molecular formula is C27H24ClN7O4. The lowest BCUT2D eigenvalue weighted by atomic mass is 10.2. The van der Waals surface area contributed by atoms with Crippen molar-refractivity contribution < 1.29 is 19.0 Å². The predicted molar refractivity (Wildman–Crippen MR) is 150 cm³/mol. The van der Waals surface area contributed by atoms with E-state index in [2.05, 4.69) is 31.0 Å². The number of nitrogens with one attached hydrogen (secondary N) is 3. The quantitative estimate of drug-likeness (QED) is 0.221. The Labute approximate surface area is 228 Å². The first kappa shape index (κ1) is 25.6. The lowest BCUT2D eigenvalue weighted by Gasteiger charge is -2.13. The van der Waals surface area contributed by atoms with Crippen molar-refractivity contribution in [3.63, 3.8) is 0 Å². The molecule has 0 fully saturated rings. The number of anilines is 4. The molecule has 0 bridgehead atoms. The third-order valence-electron chi connectivity index (χ3n) is 5.75. The number of benzene rings is 3. The molecule has 0 unspecified atom stereocenters. The maximum atomic E-state index is 12.7. The van der Waals surface area contributed by atoms with Crippen LogP contribution in [0.5, 0.6) is 17.2 Å². The molecule has 0 aliphatic carbocycles. The van der Waals surface area contributed by atoms with Crippen molar-refractivity contribution in [1.29, 1.82) is 0 Å². The third kappa shape index (κ3) is 5.63. The molecule has 11 nitrogen and oxygen atoms in total. The first-order valence-corrected chi connectivity index (χ1v) is 12.1. The fraction of sp³-hybridized carbons (Fsp3) is 0.111. The molecule has 198 valence electrons. The van der Waals surface area contributed by atoms with Crippen LogP contribution in [0, 0.1) is 0 Å². The lowest BCUT2D eigenvalue weighted by molar-refractivity contribution is 0.262. The smallest absolute Gasteiger partial charge is 0.323 e. The Morgan fingerprint density at radius 2 is 1.64 bits per heavy atom. The summed E-state index contributed by atoms with van der Waals surface area (Å²) in [4.78, 5) is 21.6. The van der Waals surface area contributed by atoms with Gasteiger partial charge < -0.3 is 30.2 Å². The normalized spacial score (nSPS) is 10.7. The number of fused-ring (bicyclic) bond motifs is 1. The third-order valence-corrected chi connectivity index (χ3v) is 6.05. The van der Waals surface area contributed by atoms with E-state index < -0.39 is 6.03 Å². The van der Waals surface area contributed by atoms with Crippen LogP contribution in [0.4, 0.5) is 27.8 Å². The van der Waals surface area contributed by atoms with E-state index in [0.29, 0.717) is 39.7 Å². The van der Waals surface area contributed by atoms with Crippen LogP contribution in [-0.2, 0) is 0 Å². The molecule has 12 heteroatoms. The van der Waals surface area contributed by atoms with Gasteiger partial charge in [0.2, 0.25) is 5.95 Å². The zero-order valence-corrected chi connectivity index (χ0v) is 22.0. The van der Waals surface area contributed by atoms with Gasteiger partial charge in [0.25, 0.3) is 0 Å². The number of halogens is 1. The molecule has 3 N–H and O–H groups in total. The van der Waals surface area contributed by atoms with E-state index in [0.717, 1.165) is 22.3 Å². The first-order valence-electron chi connectivity index (χ1n) is 11.7. The molecule has 5 aromatic rings. The lowest BCUT2D eigenvalue weighted by Crippen LogP contribution is -2.19. The van der Waals surface area contributed by atoms with Crippen molar-refractivity contribution in [1.82, 2.24) is 19.7 Å². The second kappa shape index (κ2) is 11.2. The van der Waals surface area contributed by atoms with Gasteiger partial charge in [0.15, 0.2) is 5.82 Å². The van der Waals surface area contributed by atoms with Crippen LogP contribution >= 0.6 is 11.6 Å². The molecule has 39 heavy (non-hydrogen) atoms. The van der Waals surface area contributed by atoms with Crippen LogP contribution in [-0.4, -0.2) is 47.1 Å². The second-order valence-electron chi connectivity index (χ2n) is 8.19. The Balaban J connectivity index is 1.32. The predicted octanol–water partition coefficient (Wildman–Crippen LogP) is 5.88. The topological polar surface area (TPSA) is 124 Å². The number of hydrogen-bond acceptors (Lipinski definition) is 8. The maximum absolute atomic E-state index is 12.7. The van der Waals surface area contributed by atoms with Gasteiger partial charge in [-0.25, -0.2) is 14.5 Å². The van der Waals surface area contributed by atoms with Gasteiger partial charge in [-0.3, -0.25) is 0 Å². The van der Waals surface area contributed by atoms with E-state index in [-0.39, 0.29) is 0 Å². The monoisotopic (exact) mass is 545 g/mol. The fourth-order valence-electron chi connectivity index (χ4n) is 3.87. The second-order valence-corrected chi connectivity index (χ2v) is 8.60. The van der Waals surface area contributed by atoms with E-state index in [1.54, 1.807) is 48.5 Å². The summed E-state index contributed by atoms with van der Waals surface area (Å²) in [5.74, 6) is 2.61. The summed E-state index contributed by atoms with van der Waals surface area (Å²) in [5.41, 5.74) is 2.60. The van der Waals surface area contributed by atoms with Crippen molar-refractivity contribution in [3.05, 3.63) is 78.1 Å². The number of methoxy groups -OCH3 is 3. The number of ether oxygens (including phenoxy) is 3. The Hall–Kier alpha value is -5.03. The van der Waals surface area contributed by atoms with Crippen LogP contribution in [0.1, 0.15) is 0 Å². The highest BCUT2D eigenvalue weighted by atomic mass is 35.5. The number of amides is 2. The molecule has 0 saturated heterocycles. The number of carbonyl (C=O) groups is 1. The van der Waals surface area contributed by atoms with Crippen LogP contribution in [0.2, 0.25) is 5.02 Å². The van der Waals surface area contributed by atoms with Crippen molar-refractivity contribution in [2.24, 2.45) is 0 Å². The zero-order valence-electron chi connectivity index (χ0n) is 21.2. The number of rotatable bonds is 8. The molecule has 0 aliphatic heterocycles. The molecule has 0 saturated carbocycles. The molecule has 2 heterocycles. The SMILES string of the molecule is COc1ccc(Nc2nccc(-n3ncc4cc(NC(=O)Nc5cc(Cl)c(OC)cc5OC)ccc43)n2)cc1. The van der Waals surface area contributed by atoms with Gasteiger partial charge in [-0.2, -0.15) is 10.1 Å². The van der Waals surface area contributed by atoms with Gasteiger partial charge >= 0.3 is 6.03 Å². The molecule has 0 radical (unpaired) electrons. The molecule has 0 spiro atoms. The Bertz CT molecular complexity index is 1640. The summed E-state index contributed by atoms with van der Waals surface area (Å²) >= 11 is 6.20. The average molecular weight is 546 g/mol. The Morgan fingerprint density at radius 3 is 2.38 bits per heavy atom. The summed E-state index contributed by atoms with van der Waals surface area (Å²) in [6.07, 6.45) is 3.35. The summed E-state index contributed by atoms with van der Waals surface area (Å²) in [6.45, 7) is 0. The molecule has 0 atom stereocenters. The van der Waals surface area contributed by atoms with Crippen LogP contribution < -0.4 is 30.2 Å². The first-order chi connectivity index (χ1) is 19.0. The highest BCUT2D eigenvalue weighted by molar-refractivity contribution is 6.32. The van der Waals surface area contributed by atoms with E-state index in [1.807, 2.05) is 36.4 Å². The molecule has 2 amide bonds. The van der Waals surface area contributed by atoms with Crippen molar-refractivity contribution in [2.45, 2.75) is 0 Å². The zero-order chi connectivity index (χ0) is 27.4. The highest BCUT2D eigenvalue weighted by Crippen LogP contribution is 2.36. The number of nitrogens with zero attached hydrogens (tertiary/aromatic N) is 4. The van der Waals surface area contributed by atoms with E-state index >= 15 is 0 Å². The van der Waals surface area contributed by atoms with Crippen LogP contribution in [0.15, 0.2) is 73.1 Å². The van der Waals surface area contributed by atoms with Crippen molar-refractivity contribution in [2.75, 3.05) is 37.3 Å². The van der Waals surface area contributed by atoms with Gasteiger partial charge in [0.05, 0.1) is 43.8 Å². The van der Waals surface area contributed by atoms with Gasteiger partial charge in [-0.05, 0) is 48.5 Å². The van der Waals surface area contributed by atoms with E-state index in [4.69, 9.17) is 25.8 Å². The number of aromatic nitrogens is 4. The van der Waals surface area contributed by atoms with E-state index in [1.165, 1.54) is 14.2 Å². The van der Waals surface area contributed by atoms with Crippen LogP contribution in [0.3, 0.4) is 0 Å². The van der Waals surface area contributed by atoms with E-state index in [9.17, 15) is 4.79 Å². The summed E-state index contributed by atoms with van der Waals surface area (Å²) < 4.78 is 17.4. The number of hydrogen-bond donors (Lipinski definition) is 3. The molecule has 5 rings (SSSR count). The van der Waals surface area contributed by atoms with Gasteiger partial charge in [-0.1, -0.05) is 11.6 Å². The highest BCUT2D eigenvalue weighted by Gasteiger charge is 2.14. The van der Waals surface area contributed by atoms with Gasteiger partial charge in [-0.15, -0.1) is 0 Å². The minimum absolute atomic E-state index is 0.342. The van der Waals surface area contributed by atoms with Crippen molar-refractivity contribution in [3.8, 4) is 23.1 Å². The van der Waals surface area contributed by atoms with Gasteiger partial charge in [0.1, 0.15) is 17.2 Å². The summed E-state index contributed by atoms with van der Waals surface area (Å²) in [7, 11) is 4.61. The number of urea groups is 1. The Morgan fingerprint density at radius 1 is 0.872 bits per heavy atom. The molecule has 0 aliphatic rings. The maximum Gasteiger partial charge on any atom is 0.323 e. The number of carbonyl (C=O) groups excluding carboxylic acids is 1. The molecular weight excluding hydrogens is 522 g/mol. The summed E-state index contributed by atoms with van der Waals surface area (Å²) in [5, 5.41) is 14.4. The standard InChI is InChI=1S/C27H24ClN7O4/c1-37-19-7-4-17(5-8-19)31-26-29-11-10-25(34-26)35-22-9-6-18(12-16(22)15-30-35)32-27(36)33-21-13-20(28)23(38-2)14-24(21)39-3/h4-15H,1-3H3,(H,29,31,34)(H2,32,33,36). The Kier molecular flexibility index (Phi) is 7.32.